The predicted octanol–water partition coefficient (Wildman–Crippen LogP) is 3.32. The van der Waals surface area contributed by atoms with Gasteiger partial charge in [-0.3, -0.25) is 0 Å². The fraction of sp³-hybridized carbons (Fsp3) is 0.158. The number of para-hydroxylation sites is 1. The number of halogens is 1. The molecule has 0 spiro atoms. The van der Waals surface area contributed by atoms with Crippen molar-refractivity contribution in [3.8, 4) is 0 Å². The third-order valence-corrected chi connectivity index (χ3v) is 4.32. The molecule has 2 amide bonds. The minimum absolute atomic E-state index is 0.188. The zero-order chi connectivity index (χ0) is 18.5. The Bertz CT molecular complexity index is 921. The van der Waals surface area contributed by atoms with Crippen LogP contribution in [0.4, 0.5) is 4.79 Å². The van der Waals surface area contributed by atoms with Crippen molar-refractivity contribution in [2.24, 2.45) is 0 Å². The van der Waals surface area contributed by atoms with Crippen LogP contribution < -0.4 is 10.6 Å². The number of rotatable bonds is 6. The number of fused-ring (bicyclic) bond motifs is 1. The number of carbonyl (C=O) groups is 2. The quantitative estimate of drug-likeness (QED) is 0.535. The van der Waals surface area contributed by atoms with Gasteiger partial charge in [0.25, 0.3) is 0 Å². The van der Waals surface area contributed by atoms with E-state index in [1.165, 1.54) is 0 Å². The molecule has 0 saturated carbocycles. The molecule has 1 atom stereocenters. The number of benzene rings is 2. The lowest BCUT2D eigenvalue weighted by Gasteiger charge is -2.15. The maximum Gasteiger partial charge on any atom is 0.326 e. The van der Waals surface area contributed by atoms with Crippen LogP contribution in [0.1, 0.15) is 11.1 Å². The van der Waals surface area contributed by atoms with Crippen molar-refractivity contribution in [1.82, 2.24) is 15.6 Å². The first kappa shape index (κ1) is 17.8. The summed E-state index contributed by atoms with van der Waals surface area (Å²) in [6, 6.07) is 13.1. The van der Waals surface area contributed by atoms with Crippen LogP contribution in [0.15, 0.2) is 54.7 Å². The molecule has 1 heterocycles. The highest BCUT2D eigenvalue weighted by molar-refractivity contribution is 6.30. The fourth-order valence-corrected chi connectivity index (χ4v) is 2.84. The van der Waals surface area contributed by atoms with Crippen molar-refractivity contribution in [3.63, 3.8) is 0 Å². The normalized spacial score (nSPS) is 11.9. The number of urea groups is 1. The second kappa shape index (κ2) is 7.93. The minimum Gasteiger partial charge on any atom is -0.480 e. The van der Waals surface area contributed by atoms with E-state index < -0.39 is 18.0 Å². The summed E-state index contributed by atoms with van der Waals surface area (Å²) in [6.07, 6.45) is 1.96. The van der Waals surface area contributed by atoms with E-state index >= 15 is 0 Å². The Morgan fingerprint density at radius 3 is 2.58 bits per heavy atom. The lowest BCUT2D eigenvalue weighted by Crippen LogP contribution is -2.46. The third kappa shape index (κ3) is 4.34. The molecule has 1 aromatic heterocycles. The number of aromatic amines is 1. The molecule has 0 radical (unpaired) electrons. The van der Waals surface area contributed by atoms with Gasteiger partial charge in [0, 0.05) is 35.1 Å². The Morgan fingerprint density at radius 1 is 1.12 bits per heavy atom. The van der Waals surface area contributed by atoms with Gasteiger partial charge in [0.2, 0.25) is 0 Å². The summed E-state index contributed by atoms with van der Waals surface area (Å²) >= 11 is 5.82. The van der Waals surface area contributed by atoms with Gasteiger partial charge in [-0.25, -0.2) is 9.59 Å². The molecular formula is C19H18ClN3O3. The average molecular weight is 372 g/mol. The average Bonchev–Trinajstić information content (AvgIpc) is 3.04. The van der Waals surface area contributed by atoms with E-state index in [4.69, 9.17) is 11.6 Å². The van der Waals surface area contributed by atoms with Crippen molar-refractivity contribution in [3.05, 3.63) is 70.9 Å². The number of H-pyrrole nitrogens is 1. The van der Waals surface area contributed by atoms with E-state index in [-0.39, 0.29) is 13.0 Å². The number of carboxylic acids is 1. The molecule has 0 aliphatic rings. The molecule has 7 heteroatoms. The molecule has 2 aromatic carbocycles. The molecule has 0 unspecified atom stereocenters. The van der Waals surface area contributed by atoms with Gasteiger partial charge in [-0.05, 0) is 29.3 Å². The molecule has 6 nitrogen and oxygen atoms in total. The summed E-state index contributed by atoms with van der Waals surface area (Å²) in [5.41, 5.74) is 2.64. The van der Waals surface area contributed by atoms with Gasteiger partial charge in [-0.2, -0.15) is 0 Å². The molecule has 0 aliphatic carbocycles. The van der Waals surface area contributed by atoms with E-state index in [9.17, 15) is 14.7 Å². The number of aliphatic carboxylic acids is 1. The monoisotopic (exact) mass is 371 g/mol. The standard InChI is InChI=1S/C19H18ClN3O3/c20-14-7-5-12(6-8-14)10-22-19(26)23-17(18(24)25)9-13-11-21-16-4-2-1-3-15(13)16/h1-8,11,17,21H,9-10H2,(H,24,25)(H2,22,23,26)/t17-/m0/s1. The van der Waals surface area contributed by atoms with E-state index in [1.54, 1.807) is 30.5 Å². The number of hydrogen-bond acceptors (Lipinski definition) is 2. The van der Waals surface area contributed by atoms with Gasteiger partial charge in [0.15, 0.2) is 0 Å². The van der Waals surface area contributed by atoms with E-state index in [0.29, 0.717) is 5.02 Å². The van der Waals surface area contributed by atoms with Crippen LogP contribution in [0.3, 0.4) is 0 Å². The lowest BCUT2D eigenvalue weighted by atomic mass is 10.1. The molecule has 0 saturated heterocycles. The zero-order valence-electron chi connectivity index (χ0n) is 13.8. The van der Waals surface area contributed by atoms with Crippen molar-refractivity contribution >= 4 is 34.5 Å². The molecule has 3 aromatic rings. The molecule has 26 heavy (non-hydrogen) atoms. The molecule has 0 aliphatic heterocycles. The highest BCUT2D eigenvalue weighted by atomic mass is 35.5. The van der Waals surface area contributed by atoms with Crippen LogP contribution >= 0.6 is 11.6 Å². The van der Waals surface area contributed by atoms with Gasteiger partial charge in [0.05, 0.1) is 0 Å². The number of amides is 2. The summed E-state index contributed by atoms with van der Waals surface area (Å²) in [7, 11) is 0. The number of aromatic nitrogens is 1. The van der Waals surface area contributed by atoms with E-state index in [1.807, 2.05) is 24.3 Å². The zero-order valence-corrected chi connectivity index (χ0v) is 14.6. The Morgan fingerprint density at radius 2 is 1.85 bits per heavy atom. The minimum atomic E-state index is -1.09. The van der Waals surface area contributed by atoms with E-state index in [2.05, 4.69) is 15.6 Å². The first-order chi connectivity index (χ1) is 12.5. The number of carboxylic acid groups (broad SMARTS) is 1. The second-order valence-corrected chi connectivity index (χ2v) is 6.34. The van der Waals surface area contributed by atoms with Gasteiger partial charge in [0.1, 0.15) is 6.04 Å². The maximum absolute atomic E-state index is 12.1. The molecule has 134 valence electrons. The largest absolute Gasteiger partial charge is 0.480 e. The Hall–Kier alpha value is -2.99. The van der Waals surface area contributed by atoms with Crippen LogP contribution in [0, 0.1) is 0 Å². The van der Waals surface area contributed by atoms with Crippen molar-refractivity contribution in [1.29, 1.82) is 0 Å². The Labute approximate surface area is 155 Å². The van der Waals surface area contributed by atoms with Gasteiger partial charge < -0.3 is 20.7 Å². The van der Waals surface area contributed by atoms with Gasteiger partial charge in [-0.1, -0.05) is 41.9 Å². The second-order valence-electron chi connectivity index (χ2n) is 5.91. The number of hydrogen-bond donors (Lipinski definition) is 4. The molecule has 3 rings (SSSR count). The summed E-state index contributed by atoms with van der Waals surface area (Å²) < 4.78 is 0. The van der Waals surface area contributed by atoms with Crippen LogP contribution in [0.2, 0.25) is 5.02 Å². The van der Waals surface area contributed by atoms with Crippen LogP contribution in [0.25, 0.3) is 10.9 Å². The molecule has 0 fully saturated rings. The summed E-state index contributed by atoms with van der Waals surface area (Å²) in [6.45, 7) is 0.280. The first-order valence-electron chi connectivity index (χ1n) is 8.09. The van der Waals surface area contributed by atoms with E-state index in [0.717, 1.165) is 22.0 Å². The first-order valence-corrected chi connectivity index (χ1v) is 8.47. The highest BCUT2D eigenvalue weighted by Gasteiger charge is 2.21. The van der Waals surface area contributed by atoms with Gasteiger partial charge in [-0.15, -0.1) is 0 Å². The summed E-state index contributed by atoms with van der Waals surface area (Å²) in [4.78, 5) is 26.7. The maximum atomic E-state index is 12.1. The molecule has 4 N–H and O–H groups in total. The Kier molecular flexibility index (Phi) is 5.43. The molecular weight excluding hydrogens is 354 g/mol. The number of nitrogens with one attached hydrogen (secondary N) is 3. The van der Waals surface area contributed by atoms with Crippen molar-refractivity contribution in [2.75, 3.05) is 0 Å². The highest BCUT2D eigenvalue weighted by Crippen LogP contribution is 2.19. The van der Waals surface area contributed by atoms with Crippen molar-refractivity contribution in [2.45, 2.75) is 19.0 Å². The van der Waals surface area contributed by atoms with Crippen LogP contribution in [-0.2, 0) is 17.8 Å². The topological polar surface area (TPSA) is 94.2 Å². The van der Waals surface area contributed by atoms with Crippen LogP contribution in [-0.4, -0.2) is 28.1 Å². The van der Waals surface area contributed by atoms with Crippen molar-refractivity contribution < 1.29 is 14.7 Å². The third-order valence-electron chi connectivity index (χ3n) is 4.07. The number of carbonyl (C=O) groups excluding carboxylic acids is 1. The predicted molar refractivity (Wildman–Crippen MR) is 100 cm³/mol. The fourth-order valence-electron chi connectivity index (χ4n) is 2.71. The summed E-state index contributed by atoms with van der Waals surface area (Å²) in [5.74, 6) is -1.09. The van der Waals surface area contributed by atoms with Gasteiger partial charge >= 0.3 is 12.0 Å². The SMILES string of the molecule is O=C(NCc1ccc(Cl)cc1)N[C@@H](Cc1c[nH]c2ccccc12)C(=O)O. The smallest absolute Gasteiger partial charge is 0.326 e. The summed E-state index contributed by atoms with van der Waals surface area (Å²) in [5, 5.41) is 16.2. The molecule has 0 bridgehead atoms. The van der Waals surface area contributed by atoms with Crippen LogP contribution in [0.5, 0.6) is 0 Å². The lowest BCUT2D eigenvalue weighted by molar-refractivity contribution is -0.139. The Balaban J connectivity index is 1.62.